The topological polar surface area (TPSA) is 35.6 Å². The van der Waals surface area contributed by atoms with Gasteiger partial charge in [-0.15, -0.1) is 0 Å². The lowest BCUT2D eigenvalue weighted by atomic mass is 10.2. The van der Waals surface area contributed by atoms with Crippen molar-refractivity contribution in [2.45, 2.75) is 12.6 Å². The largest absolute Gasteiger partial charge is 0.416 e. The first-order chi connectivity index (χ1) is 13.3. The van der Waals surface area contributed by atoms with Gasteiger partial charge in [0.05, 0.1) is 11.3 Å². The van der Waals surface area contributed by atoms with Crippen molar-refractivity contribution in [3.8, 4) is 0 Å². The fourth-order valence-corrected chi connectivity index (χ4v) is 3.18. The van der Waals surface area contributed by atoms with Crippen LogP contribution in [-0.4, -0.2) is 43.5 Å². The summed E-state index contributed by atoms with van der Waals surface area (Å²) in [7, 11) is 0. The molecule has 0 atom stereocenters. The molecule has 2 aromatic rings. The molecule has 150 valence electrons. The Hall–Kier alpha value is -2.77. The highest BCUT2D eigenvalue weighted by Crippen LogP contribution is 2.30. The average molecular weight is 395 g/mol. The third-order valence-electron chi connectivity index (χ3n) is 4.68. The number of nitrogens with one attached hydrogen (secondary N) is 1. The Morgan fingerprint density at radius 3 is 2.39 bits per heavy atom. The number of benzene rings is 2. The molecular weight excluding hydrogens is 374 g/mol. The number of piperazine rings is 1. The second kappa shape index (κ2) is 8.50. The quantitative estimate of drug-likeness (QED) is 0.778. The number of amides is 1. The summed E-state index contributed by atoms with van der Waals surface area (Å²) in [4.78, 5) is 15.9. The van der Waals surface area contributed by atoms with E-state index in [-0.39, 0.29) is 24.7 Å². The lowest BCUT2D eigenvalue weighted by Crippen LogP contribution is -2.49. The molecule has 1 aliphatic heterocycles. The van der Waals surface area contributed by atoms with Gasteiger partial charge in [0, 0.05) is 44.8 Å². The van der Waals surface area contributed by atoms with Crippen LogP contribution in [0.5, 0.6) is 0 Å². The zero-order valence-corrected chi connectivity index (χ0v) is 15.2. The van der Waals surface area contributed by atoms with Gasteiger partial charge in [0.2, 0.25) is 5.91 Å². The summed E-state index contributed by atoms with van der Waals surface area (Å²) in [5.41, 5.74) is 0.126. The standard InChI is InChI=1S/C20H21F4N3O/c21-17-6-1-2-7-18(17)26-10-12-27(13-11-26)19(28)8-9-25-16-5-3-4-15(14-16)20(22,23)24/h1-7,14,25H,8-13H2. The molecule has 0 bridgehead atoms. The van der Waals surface area contributed by atoms with Crippen molar-refractivity contribution in [2.24, 2.45) is 0 Å². The summed E-state index contributed by atoms with van der Waals surface area (Å²) >= 11 is 0. The second-order valence-electron chi connectivity index (χ2n) is 6.57. The van der Waals surface area contributed by atoms with Crippen molar-refractivity contribution in [3.05, 3.63) is 59.9 Å². The fraction of sp³-hybridized carbons (Fsp3) is 0.350. The number of hydrogen-bond acceptors (Lipinski definition) is 3. The number of nitrogens with zero attached hydrogens (tertiary/aromatic N) is 2. The van der Waals surface area contributed by atoms with Gasteiger partial charge in [-0.2, -0.15) is 13.2 Å². The first-order valence-electron chi connectivity index (χ1n) is 9.03. The Labute approximate surface area is 160 Å². The van der Waals surface area contributed by atoms with E-state index in [1.807, 2.05) is 4.90 Å². The van der Waals surface area contributed by atoms with Crippen molar-refractivity contribution in [2.75, 3.05) is 42.9 Å². The highest BCUT2D eigenvalue weighted by molar-refractivity contribution is 5.77. The third kappa shape index (κ3) is 4.94. The van der Waals surface area contributed by atoms with E-state index in [9.17, 15) is 22.4 Å². The zero-order chi connectivity index (χ0) is 20.1. The second-order valence-corrected chi connectivity index (χ2v) is 6.57. The van der Waals surface area contributed by atoms with E-state index < -0.39 is 11.7 Å². The number of carbonyl (C=O) groups excluding carboxylic acids is 1. The van der Waals surface area contributed by atoms with Gasteiger partial charge in [0.25, 0.3) is 0 Å². The maximum atomic E-state index is 13.9. The van der Waals surface area contributed by atoms with Crippen molar-refractivity contribution in [1.82, 2.24) is 4.90 Å². The van der Waals surface area contributed by atoms with Crippen LogP contribution in [0.1, 0.15) is 12.0 Å². The predicted molar refractivity (Wildman–Crippen MR) is 99.7 cm³/mol. The van der Waals surface area contributed by atoms with E-state index >= 15 is 0 Å². The maximum Gasteiger partial charge on any atom is 0.416 e. The Kier molecular flexibility index (Phi) is 6.06. The highest BCUT2D eigenvalue weighted by atomic mass is 19.4. The molecule has 1 N–H and O–H groups in total. The highest BCUT2D eigenvalue weighted by Gasteiger charge is 2.30. The van der Waals surface area contributed by atoms with Crippen LogP contribution < -0.4 is 10.2 Å². The van der Waals surface area contributed by atoms with Crippen LogP contribution in [0.4, 0.5) is 28.9 Å². The molecule has 3 rings (SSSR count). The van der Waals surface area contributed by atoms with Crippen molar-refractivity contribution in [1.29, 1.82) is 0 Å². The van der Waals surface area contributed by atoms with Gasteiger partial charge in [-0.1, -0.05) is 18.2 Å². The van der Waals surface area contributed by atoms with E-state index in [0.29, 0.717) is 37.6 Å². The van der Waals surface area contributed by atoms with Gasteiger partial charge in [-0.05, 0) is 30.3 Å². The third-order valence-corrected chi connectivity index (χ3v) is 4.68. The van der Waals surface area contributed by atoms with Crippen molar-refractivity contribution in [3.63, 3.8) is 0 Å². The summed E-state index contributed by atoms with van der Waals surface area (Å²) < 4.78 is 52.0. The number of alkyl halides is 3. The molecule has 8 heteroatoms. The van der Waals surface area contributed by atoms with E-state index in [4.69, 9.17) is 0 Å². The summed E-state index contributed by atoms with van der Waals surface area (Å²) in [6, 6.07) is 11.4. The number of anilines is 2. The van der Waals surface area contributed by atoms with E-state index in [2.05, 4.69) is 5.32 Å². The van der Waals surface area contributed by atoms with Crippen molar-refractivity contribution < 1.29 is 22.4 Å². The first kappa shape index (κ1) is 20.0. The molecule has 0 unspecified atom stereocenters. The van der Waals surface area contributed by atoms with Gasteiger partial charge >= 0.3 is 6.18 Å². The SMILES string of the molecule is O=C(CCNc1cccc(C(F)(F)F)c1)N1CCN(c2ccccc2F)CC1. The molecule has 1 amide bonds. The van der Waals surface area contributed by atoms with Crippen LogP contribution in [-0.2, 0) is 11.0 Å². The number of rotatable bonds is 5. The maximum absolute atomic E-state index is 13.9. The molecule has 0 spiro atoms. The molecule has 2 aromatic carbocycles. The van der Waals surface area contributed by atoms with Crippen LogP contribution in [0, 0.1) is 5.82 Å². The first-order valence-corrected chi connectivity index (χ1v) is 9.03. The fourth-order valence-electron chi connectivity index (χ4n) is 3.18. The molecule has 1 fully saturated rings. The smallest absolute Gasteiger partial charge is 0.385 e. The zero-order valence-electron chi connectivity index (χ0n) is 15.2. The summed E-state index contributed by atoms with van der Waals surface area (Å²) in [6.45, 7) is 2.28. The Morgan fingerprint density at radius 2 is 1.71 bits per heavy atom. The minimum Gasteiger partial charge on any atom is -0.385 e. The summed E-state index contributed by atoms with van der Waals surface area (Å²) in [5.74, 6) is -0.361. The van der Waals surface area contributed by atoms with E-state index in [0.717, 1.165) is 12.1 Å². The van der Waals surface area contributed by atoms with Gasteiger partial charge in [0.1, 0.15) is 5.82 Å². The van der Waals surface area contributed by atoms with Crippen LogP contribution in [0.25, 0.3) is 0 Å². The molecule has 1 saturated heterocycles. The van der Waals surface area contributed by atoms with Crippen LogP contribution in [0.3, 0.4) is 0 Å². The minimum atomic E-state index is -4.40. The van der Waals surface area contributed by atoms with Gasteiger partial charge in [-0.25, -0.2) is 4.39 Å². The van der Waals surface area contributed by atoms with Gasteiger partial charge in [-0.3, -0.25) is 4.79 Å². The van der Waals surface area contributed by atoms with Crippen molar-refractivity contribution >= 4 is 17.3 Å². The predicted octanol–water partition coefficient (Wildman–Crippen LogP) is 4.00. The van der Waals surface area contributed by atoms with E-state index in [1.165, 1.54) is 18.2 Å². The summed E-state index contributed by atoms with van der Waals surface area (Å²) in [5, 5.41) is 2.86. The summed E-state index contributed by atoms with van der Waals surface area (Å²) in [6.07, 6.45) is -4.22. The van der Waals surface area contributed by atoms with Crippen LogP contribution in [0.15, 0.2) is 48.5 Å². The molecule has 1 heterocycles. The molecule has 1 aliphatic rings. The number of halogens is 4. The molecular formula is C20H21F4N3O. The number of hydrogen-bond donors (Lipinski definition) is 1. The minimum absolute atomic E-state index is 0.0762. The van der Waals surface area contributed by atoms with Gasteiger partial charge in [0.15, 0.2) is 0 Å². The van der Waals surface area contributed by atoms with Gasteiger partial charge < -0.3 is 15.1 Å². The monoisotopic (exact) mass is 395 g/mol. The average Bonchev–Trinajstić information content (AvgIpc) is 2.68. The molecule has 0 aliphatic carbocycles. The molecule has 0 radical (unpaired) electrons. The molecule has 4 nitrogen and oxygen atoms in total. The van der Waals surface area contributed by atoms with Crippen LogP contribution >= 0.6 is 0 Å². The van der Waals surface area contributed by atoms with Crippen LogP contribution in [0.2, 0.25) is 0 Å². The molecule has 0 saturated carbocycles. The lowest BCUT2D eigenvalue weighted by Gasteiger charge is -2.36. The molecule has 28 heavy (non-hydrogen) atoms. The Bertz CT molecular complexity index is 817. The number of para-hydroxylation sites is 1. The Balaban J connectivity index is 1.46. The Morgan fingerprint density at radius 1 is 1.00 bits per heavy atom. The number of carbonyl (C=O) groups is 1. The normalized spacial score (nSPS) is 14.9. The van der Waals surface area contributed by atoms with E-state index in [1.54, 1.807) is 23.1 Å². The molecule has 0 aromatic heterocycles. The lowest BCUT2D eigenvalue weighted by molar-refractivity contribution is -0.137.